The molecular weight excluding hydrogens is 278 g/mol. The highest BCUT2D eigenvalue weighted by Gasteiger charge is 2.25. The minimum Gasteiger partial charge on any atom is -0.434 e. The topological polar surface area (TPSA) is 41.6 Å². The maximum Gasteiger partial charge on any atom is 0.387 e. The summed E-state index contributed by atoms with van der Waals surface area (Å²) in [5.41, 5.74) is 1.60. The number of amides is 1. The number of aryl methyl sites for hydroxylation is 2. The van der Waals surface area contributed by atoms with Crippen LogP contribution in [0.15, 0.2) is 12.1 Å². The molecule has 0 saturated carbocycles. The number of nitrogens with one attached hydrogen (secondary N) is 1. The van der Waals surface area contributed by atoms with Gasteiger partial charge in [0.2, 0.25) is 0 Å². The smallest absolute Gasteiger partial charge is 0.387 e. The lowest BCUT2D eigenvalue weighted by molar-refractivity contribution is -0.0507. The molecule has 1 amide bonds. The van der Waals surface area contributed by atoms with E-state index in [2.05, 4.69) is 10.1 Å². The van der Waals surface area contributed by atoms with Gasteiger partial charge in [-0.2, -0.15) is 8.78 Å². The highest BCUT2D eigenvalue weighted by Crippen LogP contribution is 2.27. The first-order valence-corrected chi connectivity index (χ1v) is 6.98. The van der Waals surface area contributed by atoms with Gasteiger partial charge in [-0.25, -0.2) is 0 Å². The lowest BCUT2D eigenvalue weighted by atomic mass is 10.0. The average molecular weight is 298 g/mol. The predicted molar refractivity (Wildman–Crippen MR) is 75.9 cm³/mol. The third-order valence-corrected chi connectivity index (χ3v) is 3.68. The molecule has 1 heterocycles. The molecule has 0 spiro atoms. The van der Waals surface area contributed by atoms with Crippen molar-refractivity contribution in [3.63, 3.8) is 0 Å². The van der Waals surface area contributed by atoms with Gasteiger partial charge < -0.3 is 15.0 Å². The quantitative estimate of drug-likeness (QED) is 0.931. The molecule has 6 heteroatoms. The maximum atomic E-state index is 12.6. The molecule has 0 bridgehead atoms. The summed E-state index contributed by atoms with van der Waals surface area (Å²) in [6, 6.07) is 3.34. The first kappa shape index (κ1) is 15.7. The number of ether oxygens (including phenoxy) is 1. The van der Waals surface area contributed by atoms with Crippen molar-refractivity contribution >= 4 is 5.91 Å². The molecule has 0 radical (unpaired) electrons. The number of carbonyl (C=O) groups is 1. The molecule has 1 aromatic rings. The number of nitrogens with zero attached hydrogens (tertiary/aromatic N) is 1. The van der Waals surface area contributed by atoms with Crippen molar-refractivity contribution in [3.05, 3.63) is 28.8 Å². The van der Waals surface area contributed by atoms with Crippen molar-refractivity contribution in [1.29, 1.82) is 0 Å². The fourth-order valence-electron chi connectivity index (χ4n) is 2.66. The molecule has 116 valence electrons. The summed E-state index contributed by atoms with van der Waals surface area (Å²) in [5.74, 6) is 0.0775. The molecule has 1 aromatic carbocycles. The highest BCUT2D eigenvalue weighted by atomic mass is 19.3. The molecule has 1 fully saturated rings. The van der Waals surface area contributed by atoms with Gasteiger partial charge in [0.05, 0.1) is 0 Å². The number of hydrogen-bond donors (Lipinski definition) is 1. The number of alkyl halides is 2. The van der Waals surface area contributed by atoms with E-state index in [0.29, 0.717) is 23.2 Å². The van der Waals surface area contributed by atoms with Gasteiger partial charge in [0.1, 0.15) is 5.75 Å². The van der Waals surface area contributed by atoms with E-state index in [9.17, 15) is 13.6 Å². The van der Waals surface area contributed by atoms with E-state index >= 15 is 0 Å². The molecule has 1 aliphatic rings. The second-order valence-corrected chi connectivity index (χ2v) is 5.37. The first-order valence-electron chi connectivity index (χ1n) is 6.98. The van der Waals surface area contributed by atoms with Crippen molar-refractivity contribution in [1.82, 2.24) is 10.2 Å². The molecule has 1 saturated heterocycles. The standard InChI is InChI=1S/C15H20F2N2O2/c1-9-6-12(7-10(2)13(9)21-15(16)17)14(20)19-5-4-18-8-11(19)3/h6-7,11,15,18H,4-5,8H2,1-3H3. The number of benzene rings is 1. The zero-order valence-corrected chi connectivity index (χ0v) is 12.5. The van der Waals surface area contributed by atoms with Crippen LogP contribution in [0.25, 0.3) is 0 Å². The van der Waals surface area contributed by atoms with E-state index in [1.807, 2.05) is 6.92 Å². The van der Waals surface area contributed by atoms with E-state index in [1.165, 1.54) is 0 Å². The molecule has 2 rings (SSSR count). The summed E-state index contributed by atoms with van der Waals surface area (Å²) in [6.45, 7) is 4.63. The second kappa shape index (κ2) is 6.39. The molecule has 1 unspecified atom stereocenters. The van der Waals surface area contributed by atoms with Crippen molar-refractivity contribution in [2.24, 2.45) is 0 Å². The van der Waals surface area contributed by atoms with Gasteiger partial charge in [-0.1, -0.05) is 0 Å². The molecule has 4 nitrogen and oxygen atoms in total. The van der Waals surface area contributed by atoms with Gasteiger partial charge in [-0.15, -0.1) is 0 Å². The Kier molecular flexibility index (Phi) is 4.77. The van der Waals surface area contributed by atoms with Gasteiger partial charge in [0.15, 0.2) is 0 Å². The molecular formula is C15H20F2N2O2. The van der Waals surface area contributed by atoms with Crippen molar-refractivity contribution in [3.8, 4) is 5.75 Å². The van der Waals surface area contributed by atoms with Crippen molar-refractivity contribution < 1.29 is 18.3 Å². The van der Waals surface area contributed by atoms with Crippen LogP contribution in [-0.4, -0.2) is 43.1 Å². The van der Waals surface area contributed by atoms with Crippen LogP contribution in [0.2, 0.25) is 0 Å². The Morgan fingerprint density at radius 2 is 2.00 bits per heavy atom. The van der Waals surface area contributed by atoms with Gasteiger partial charge in [0, 0.05) is 31.2 Å². The zero-order chi connectivity index (χ0) is 15.6. The largest absolute Gasteiger partial charge is 0.434 e. The highest BCUT2D eigenvalue weighted by molar-refractivity contribution is 5.95. The summed E-state index contributed by atoms with van der Waals surface area (Å²) in [5, 5.41) is 3.23. The van der Waals surface area contributed by atoms with Crippen LogP contribution >= 0.6 is 0 Å². The third kappa shape index (κ3) is 3.50. The number of hydrogen-bond acceptors (Lipinski definition) is 3. The van der Waals surface area contributed by atoms with Gasteiger partial charge in [0.25, 0.3) is 5.91 Å². The van der Waals surface area contributed by atoms with Gasteiger partial charge in [-0.3, -0.25) is 4.79 Å². The van der Waals surface area contributed by atoms with Crippen LogP contribution < -0.4 is 10.1 Å². The molecule has 1 N–H and O–H groups in total. The number of carbonyl (C=O) groups excluding carboxylic acids is 1. The van der Waals surface area contributed by atoms with E-state index in [4.69, 9.17) is 0 Å². The zero-order valence-electron chi connectivity index (χ0n) is 12.5. The molecule has 0 aromatic heterocycles. The second-order valence-electron chi connectivity index (χ2n) is 5.37. The Labute approximate surface area is 123 Å². The molecule has 21 heavy (non-hydrogen) atoms. The Morgan fingerprint density at radius 1 is 1.38 bits per heavy atom. The molecule has 1 aliphatic heterocycles. The van der Waals surface area contributed by atoms with E-state index < -0.39 is 6.61 Å². The first-order chi connectivity index (χ1) is 9.90. The summed E-state index contributed by atoms with van der Waals surface area (Å²) in [6.07, 6.45) is 0. The summed E-state index contributed by atoms with van der Waals surface area (Å²) in [7, 11) is 0. The molecule has 1 atom stereocenters. The minimum atomic E-state index is -2.86. The normalized spacial score (nSPS) is 19.0. The van der Waals surface area contributed by atoms with Crippen LogP contribution in [0.1, 0.15) is 28.4 Å². The lowest BCUT2D eigenvalue weighted by Gasteiger charge is -2.34. The summed E-state index contributed by atoms with van der Waals surface area (Å²) >= 11 is 0. The fourth-order valence-corrected chi connectivity index (χ4v) is 2.66. The van der Waals surface area contributed by atoms with Crippen LogP contribution in [0.3, 0.4) is 0 Å². The van der Waals surface area contributed by atoms with Crippen molar-refractivity contribution in [2.75, 3.05) is 19.6 Å². The predicted octanol–water partition coefficient (Wildman–Crippen LogP) is 2.34. The minimum absolute atomic E-state index is 0.0706. The Balaban J connectivity index is 2.26. The van der Waals surface area contributed by atoms with Gasteiger partial charge in [-0.05, 0) is 44.0 Å². The summed E-state index contributed by atoms with van der Waals surface area (Å²) < 4.78 is 29.3. The Hall–Kier alpha value is -1.69. The van der Waals surface area contributed by atoms with Crippen LogP contribution in [0.5, 0.6) is 5.75 Å². The van der Waals surface area contributed by atoms with Gasteiger partial charge >= 0.3 is 6.61 Å². The lowest BCUT2D eigenvalue weighted by Crippen LogP contribution is -2.52. The Bertz CT molecular complexity index is 511. The SMILES string of the molecule is Cc1cc(C(=O)N2CCNCC2C)cc(C)c1OC(F)F. The molecule has 0 aliphatic carbocycles. The monoisotopic (exact) mass is 298 g/mol. The van der Waals surface area contributed by atoms with E-state index in [0.717, 1.165) is 13.1 Å². The number of halogens is 2. The number of rotatable bonds is 3. The van der Waals surface area contributed by atoms with Crippen LogP contribution in [-0.2, 0) is 0 Å². The van der Waals surface area contributed by atoms with E-state index in [-0.39, 0.29) is 17.7 Å². The maximum absolute atomic E-state index is 12.6. The Morgan fingerprint density at radius 3 is 2.52 bits per heavy atom. The summed E-state index contributed by atoms with van der Waals surface area (Å²) in [4.78, 5) is 14.4. The van der Waals surface area contributed by atoms with E-state index in [1.54, 1.807) is 30.9 Å². The fraction of sp³-hybridized carbons (Fsp3) is 0.533. The number of piperazine rings is 1. The average Bonchev–Trinajstić information content (AvgIpc) is 2.42. The third-order valence-electron chi connectivity index (χ3n) is 3.68. The van der Waals surface area contributed by atoms with Crippen LogP contribution in [0, 0.1) is 13.8 Å². The van der Waals surface area contributed by atoms with Crippen molar-refractivity contribution in [2.45, 2.75) is 33.4 Å². The van der Waals surface area contributed by atoms with Crippen LogP contribution in [0.4, 0.5) is 8.78 Å².